The van der Waals surface area contributed by atoms with Crippen LogP contribution in [-0.2, 0) is 4.79 Å². The predicted molar refractivity (Wildman–Crippen MR) is 119 cm³/mol. The molecule has 1 aliphatic rings. The molecule has 3 rings (SSSR count). The van der Waals surface area contributed by atoms with Crippen LogP contribution in [-0.4, -0.2) is 23.9 Å². The van der Waals surface area contributed by atoms with E-state index in [0.29, 0.717) is 15.8 Å². The van der Waals surface area contributed by atoms with Gasteiger partial charge in [0.15, 0.2) is 4.32 Å². The molecule has 0 unspecified atom stereocenters. The largest absolute Gasteiger partial charge is 0.497 e. The Labute approximate surface area is 176 Å². The van der Waals surface area contributed by atoms with Gasteiger partial charge in [0, 0.05) is 10.0 Å². The molecule has 0 spiro atoms. The van der Waals surface area contributed by atoms with Crippen molar-refractivity contribution in [3.05, 3.63) is 57.4 Å². The average molecular weight is 464 g/mol. The highest BCUT2D eigenvalue weighted by Gasteiger charge is 2.33. The van der Waals surface area contributed by atoms with E-state index in [1.807, 2.05) is 48.5 Å². The molecule has 0 radical (unpaired) electrons. The monoisotopic (exact) mass is 463 g/mol. The van der Waals surface area contributed by atoms with E-state index in [2.05, 4.69) is 22.9 Å². The van der Waals surface area contributed by atoms with Gasteiger partial charge in [-0.05, 0) is 55.0 Å². The summed E-state index contributed by atoms with van der Waals surface area (Å²) in [5.74, 6) is 1.33. The van der Waals surface area contributed by atoms with Crippen LogP contribution >= 0.6 is 39.9 Å². The zero-order valence-electron chi connectivity index (χ0n) is 14.9. The van der Waals surface area contributed by atoms with Gasteiger partial charge in [-0.3, -0.25) is 9.69 Å². The number of thioether (sulfide) groups is 1. The Hall–Kier alpha value is -1.83. The van der Waals surface area contributed by atoms with Gasteiger partial charge in [0.05, 0.1) is 24.3 Å². The van der Waals surface area contributed by atoms with Gasteiger partial charge in [0.25, 0.3) is 5.91 Å². The molecular formula is C20H18BrNO3S2. The SMILES string of the molecule is CCCOc1ccc(Br)cc1/C=C1\SC(=S)N(c2ccc(OC)cc2)C1=O. The van der Waals surface area contributed by atoms with Crippen LogP contribution in [0.4, 0.5) is 5.69 Å². The van der Waals surface area contributed by atoms with Crippen LogP contribution in [0.15, 0.2) is 51.8 Å². The Morgan fingerprint density at radius 2 is 1.96 bits per heavy atom. The van der Waals surface area contributed by atoms with Crippen LogP contribution in [0.1, 0.15) is 18.9 Å². The summed E-state index contributed by atoms with van der Waals surface area (Å²) in [6.07, 6.45) is 2.74. The molecule has 0 aromatic heterocycles. The summed E-state index contributed by atoms with van der Waals surface area (Å²) in [6.45, 7) is 2.67. The smallest absolute Gasteiger partial charge is 0.270 e. The maximum atomic E-state index is 13.0. The lowest BCUT2D eigenvalue weighted by Gasteiger charge is -2.14. The van der Waals surface area contributed by atoms with Crippen molar-refractivity contribution in [2.75, 3.05) is 18.6 Å². The number of thiocarbonyl (C=S) groups is 1. The summed E-state index contributed by atoms with van der Waals surface area (Å²) in [5.41, 5.74) is 1.56. The lowest BCUT2D eigenvalue weighted by molar-refractivity contribution is -0.113. The zero-order valence-corrected chi connectivity index (χ0v) is 18.1. The molecule has 0 atom stereocenters. The van der Waals surface area contributed by atoms with Gasteiger partial charge in [0.1, 0.15) is 11.5 Å². The predicted octanol–water partition coefficient (Wildman–Crippen LogP) is 5.65. The van der Waals surface area contributed by atoms with Crippen molar-refractivity contribution in [1.82, 2.24) is 0 Å². The molecule has 0 saturated carbocycles. The normalized spacial score (nSPS) is 15.5. The van der Waals surface area contributed by atoms with Gasteiger partial charge in [-0.1, -0.05) is 46.8 Å². The minimum atomic E-state index is -0.142. The summed E-state index contributed by atoms with van der Waals surface area (Å²) < 4.78 is 12.4. The highest BCUT2D eigenvalue weighted by molar-refractivity contribution is 9.10. The number of rotatable bonds is 6. The summed E-state index contributed by atoms with van der Waals surface area (Å²) in [5, 5.41) is 0. The molecule has 1 amide bonds. The van der Waals surface area contributed by atoms with E-state index in [1.165, 1.54) is 16.7 Å². The molecule has 0 N–H and O–H groups in total. The van der Waals surface area contributed by atoms with E-state index >= 15 is 0 Å². The van der Waals surface area contributed by atoms with Crippen molar-refractivity contribution >= 4 is 61.9 Å². The van der Waals surface area contributed by atoms with Gasteiger partial charge >= 0.3 is 0 Å². The van der Waals surface area contributed by atoms with E-state index in [9.17, 15) is 4.79 Å². The number of anilines is 1. The molecule has 0 aliphatic carbocycles. The van der Waals surface area contributed by atoms with Crippen molar-refractivity contribution in [2.24, 2.45) is 0 Å². The van der Waals surface area contributed by atoms with Crippen molar-refractivity contribution < 1.29 is 14.3 Å². The molecule has 140 valence electrons. The Kier molecular flexibility index (Phi) is 6.57. The first kappa shape index (κ1) is 19.9. The van der Waals surface area contributed by atoms with Crippen molar-refractivity contribution in [3.8, 4) is 11.5 Å². The maximum absolute atomic E-state index is 13.0. The summed E-state index contributed by atoms with van der Waals surface area (Å²) >= 11 is 10.2. The fraction of sp³-hybridized carbons (Fsp3) is 0.200. The third kappa shape index (κ3) is 4.54. The maximum Gasteiger partial charge on any atom is 0.270 e. The summed E-state index contributed by atoms with van der Waals surface area (Å²) in [7, 11) is 1.60. The molecule has 7 heteroatoms. The first-order valence-electron chi connectivity index (χ1n) is 8.38. The second kappa shape index (κ2) is 8.91. The lowest BCUT2D eigenvalue weighted by atomic mass is 10.2. The molecule has 1 heterocycles. The summed E-state index contributed by atoms with van der Waals surface area (Å²) in [4.78, 5) is 15.1. The van der Waals surface area contributed by atoms with Crippen molar-refractivity contribution in [3.63, 3.8) is 0 Å². The molecule has 1 saturated heterocycles. The molecule has 0 bridgehead atoms. The van der Waals surface area contributed by atoms with Crippen LogP contribution in [0, 0.1) is 0 Å². The average Bonchev–Trinajstić information content (AvgIpc) is 2.94. The third-order valence-corrected chi connectivity index (χ3v) is 5.64. The number of methoxy groups -OCH3 is 1. The molecule has 1 aliphatic heterocycles. The van der Waals surface area contributed by atoms with Crippen LogP contribution in [0.3, 0.4) is 0 Å². The van der Waals surface area contributed by atoms with E-state index in [4.69, 9.17) is 21.7 Å². The standard InChI is InChI=1S/C20H18BrNO3S2/c1-3-10-25-17-9-4-14(21)11-13(17)12-18-19(23)22(20(26)27-18)15-5-7-16(24-2)8-6-15/h4-9,11-12H,3,10H2,1-2H3/b18-12-. The van der Waals surface area contributed by atoms with Crippen LogP contribution in [0.25, 0.3) is 6.08 Å². The number of amides is 1. The Bertz CT molecular complexity index is 897. The van der Waals surface area contributed by atoms with Gasteiger partial charge in [0.2, 0.25) is 0 Å². The minimum Gasteiger partial charge on any atom is -0.497 e. The zero-order chi connectivity index (χ0) is 19.4. The van der Waals surface area contributed by atoms with Gasteiger partial charge in [-0.15, -0.1) is 0 Å². The fourth-order valence-electron chi connectivity index (χ4n) is 2.54. The second-order valence-corrected chi connectivity index (χ2v) is 8.34. The van der Waals surface area contributed by atoms with E-state index in [-0.39, 0.29) is 5.91 Å². The van der Waals surface area contributed by atoms with E-state index < -0.39 is 0 Å². The first-order chi connectivity index (χ1) is 13.0. The Balaban J connectivity index is 1.91. The topological polar surface area (TPSA) is 38.8 Å². The lowest BCUT2D eigenvalue weighted by Crippen LogP contribution is -2.27. The van der Waals surface area contributed by atoms with Crippen molar-refractivity contribution in [1.29, 1.82) is 0 Å². The number of benzene rings is 2. The summed E-state index contributed by atoms with van der Waals surface area (Å²) in [6, 6.07) is 13.0. The quantitative estimate of drug-likeness (QED) is 0.408. The molecule has 4 nitrogen and oxygen atoms in total. The van der Waals surface area contributed by atoms with Crippen LogP contribution in [0.2, 0.25) is 0 Å². The number of ether oxygens (including phenoxy) is 2. The number of carbonyl (C=O) groups is 1. The highest BCUT2D eigenvalue weighted by Crippen LogP contribution is 2.38. The van der Waals surface area contributed by atoms with E-state index in [1.54, 1.807) is 7.11 Å². The molecule has 27 heavy (non-hydrogen) atoms. The number of nitrogens with zero attached hydrogens (tertiary/aromatic N) is 1. The third-order valence-electron chi connectivity index (χ3n) is 3.84. The van der Waals surface area contributed by atoms with Crippen molar-refractivity contribution in [2.45, 2.75) is 13.3 Å². The van der Waals surface area contributed by atoms with Gasteiger partial charge in [-0.2, -0.15) is 0 Å². The van der Waals surface area contributed by atoms with Gasteiger partial charge in [-0.25, -0.2) is 0 Å². The van der Waals surface area contributed by atoms with E-state index in [0.717, 1.165) is 33.6 Å². The molecule has 2 aromatic rings. The van der Waals surface area contributed by atoms with Crippen LogP contribution in [0.5, 0.6) is 11.5 Å². The number of carbonyl (C=O) groups excluding carboxylic acids is 1. The second-order valence-electron chi connectivity index (χ2n) is 5.75. The Morgan fingerprint density at radius 1 is 1.22 bits per heavy atom. The minimum absolute atomic E-state index is 0.142. The fourth-order valence-corrected chi connectivity index (χ4v) is 4.21. The van der Waals surface area contributed by atoms with Gasteiger partial charge < -0.3 is 9.47 Å². The number of hydrogen-bond acceptors (Lipinski definition) is 5. The number of hydrogen-bond donors (Lipinski definition) is 0. The Morgan fingerprint density at radius 3 is 2.63 bits per heavy atom. The highest BCUT2D eigenvalue weighted by atomic mass is 79.9. The number of halogens is 1. The molecule has 2 aromatic carbocycles. The van der Waals surface area contributed by atoms with Crippen LogP contribution < -0.4 is 14.4 Å². The molecular weight excluding hydrogens is 446 g/mol. The first-order valence-corrected chi connectivity index (χ1v) is 10.4. The molecule has 1 fully saturated rings.